The van der Waals surface area contributed by atoms with Crippen molar-refractivity contribution in [1.82, 2.24) is 5.32 Å². The second-order valence-electron chi connectivity index (χ2n) is 8.43. The first-order valence-electron chi connectivity index (χ1n) is 10.6. The predicted octanol–water partition coefficient (Wildman–Crippen LogP) is 4.32. The molecule has 6 heteroatoms. The maximum Gasteiger partial charge on any atom is 0.258 e. The molecule has 158 valence electrons. The van der Waals surface area contributed by atoms with E-state index < -0.39 is 11.7 Å². The summed E-state index contributed by atoms with van der Waals surface area (Å²) in [7, 11) is 0. The quantitative estimate of drug-likeness (QED) is 0.789. The maximum atomic E-state index is 13.8. The Hall–Kier alpha value is -2.89. The SMILES string of the molecule is CC1CCC(NC(=O)[C@@H]2COc3ccc(NC(=O)c4ccccc4F)cc3C2)CC1. The molecule has 2 aromatic carbocycles. The maximum absolute atomic E-state index is 13.8. The van der Waals surface area contributed by atoms with Gasteiger partial charge in [-0.2, -0.15) is 0 Å². The molecule has 2 N–H and O–H groups in total. The third-order valence-electron chi connectivity index (χ3n) is 6.08. The minimum atomic E-state index is -0.565. The Morgan fingerprint density at radius 1 is 1.07 bits per heavy atom. The average Bonchev–Trinajstić information content (AvgIpc) is 2.75. The number of rotatable bonds is 4. The van der Waals surface area contributed by atoms with Gasteiger partial charge in [0.05, 0.1) is 11.5 Å². The van der Waals surface area contributed by atoms with Gasteiger partial charge in [-0.25, -0.2) is 4.39 Å². The fourth-order valence-corrected chi connectivity index (χ4v) is 4.21. The molecule has 0 radical (unpaired) electrons. The van der Waals surface area contributed by atoms with Gasteiger partial charge in [0.25, 0.3) is 5.91 Å². The van der Waals surface area contributed by atoms with Gasteiger partial charge in [0.1, 0.15) is 18.2 Å². The van der Waals surface area contributed by atoms with Crippen LogP contribution in [0.4, 0.5) is 10.1 Å². The van der Waals surface area contributed by atoms with Crippen molar-refractivity contribution in [2.45, 2.75) is 45.1 Å². The van der Waals surface area contributed by atoms with Gasteiger partial charge in [-0.1, -0.05) is 19.1 Å². The lowest BCUT2D eigenvalue weighted by Crippen LogP contribution is -2.43. The average molecular weight is 410 g/mol. The van der Waals surface area contributed by atoms with E-state index in [-0.39, 0.29) is 23.4 Å². The summed E-state index contributed by atoms with van der Waals surface area (Å²) in [6, 6.07) is 11.4. The van der Waals surface area contributed by atoms with Crippen LogP contribution >= 0.6 is 0 Å². The highest BCUT2D eigenvalue weighted by molar-refractivity contribution is 6.04. The van der Waals surface area contributed by atoms with Crippen LogP contribution in [0.15, 0.2) is 42.5 Å². The van der Waals surface area contributed by atoms with Crippen molar-refractivity contribution in [3.8, 4) is 5.75 Å². The summed E-state index contributed by atoms with van der Waals surface area (Å²) in [5.41, 5.74) is 1.41. The molecule has 0 spiro atoms. The van der Waals surface area contributed by atoms with Gasteiger partial charge in [0.2, 0.25) is 5.91 Å². The summed E-state index contributed by atoms with van der Waals surface area (Å²) >= 11 is 0. The van der Waals surface area contributed by atoms with Gasteiger partial charge in [-0.05, 0) is 73.9 Å². The lowest BCUT2D eigenvalue weighted by molar-refractivity contribution is -0.127. The van der Waals surface area contributed by atoms with Crippen LogP contribution in [0.3, 0.4) is 0 Å². The van der Waals surface area contributed by atoms with Crippen molar-refractivity contribution in [1.29, 1.82) is 0 Å². The normalized spacial score (nSPS) is 23.1. The highest BCUT2D eigenvalue weighted by Gasteiger charge is 2.29. The highest BCUT2D eigenvalue weighted by Crippen LogP contribution is 2.31. The number of amides is 2. The minimum Gasteiger partial charge on any atom is -0.492 e. The topological polar surface area (TPSA) is 67.4 Å². The van der Waals surface area contributed by atoms with Crippen LogP contribution in [-0.4, -0.2) is 24.5 Å². The Bertz CT molecular complexity index is 938. The largest absolute Gasteiger partial charge is 0.492 e. The fourth-order valence-electron chi connectivity index (χ4n) is 4.21. The first kappa shape index (κ1) is 20.4. The Morgan fingerprint density at radius 3 is 2.60 bits per heavy atom. The van der Waals surface area contributed by atoms with Crippen molar-refractivity contribution in [2.24, 2.45) is 11.8 Å². The van der Waals surface area contributed by atoms with Gasteiger partial charge in [0.15, 0.2) is 0 Å². The van der Waals surface area contributed by atoms with Crippen molar-refractivity contribution in [2.75, 3.05) is 11.9 Å². The molecule has 1 atom stereocenters. The molecule has 5 nitrogen and oxygen atoms in total. The van der Waals surface area contributed by atoms with Gasteiger partial charge in [0, 0.05) is 11.7 Å². The molecule has 0 aromatic heterocycles. The van der Waals surface area contributed by atoms with E-state index in [2.05, 4.69) is 17.6 Å². The van der Waals surface area contributed by atoms with Crippen LogP contribution in [0.25, 0.3) is 0 Å². The summed E-state index contributed by atoms with van der Waals surface area (Å²) in [6.07, 6.45) is 4.92. The van der Waals surface area contributed by atoms with Gasteiger partial charge in [-0.3, -0.25) is 9.59 Å². The zero-order valence-corrected chi connectivity index (χ0v) is 17.1. The summed E-state index contributed by atoms with van der Waals surface area (Å²) < 4.78 is 19.6. The molecule has 30 heavy (non-hydrogen) atoms. The standard InChI is InChI=1S/C24H27FN2O3/c1-15-6-8-18(9-7-15)26-23(28)17-12-16-13-19(10-11-22(16)30-14-17)27-24(29)20-4-2-3-5-21(20)25/h2-5,10-11,13,15,17-18H,6-9,12,14H2,1H3,(H,26,28)(H,27,29)/t15?,17-,18?/m0/s1. The molecular formula is C24H27FN2O3. The molecular weight excluding hydrogens is 383 g/mol. The molecule has 1 saturated carbocycles. The van der Waals surface area contributed by atoms with Gasteiger partial charge >= 0.3 is 0 Å². The number of hydrogen-bond donors (Lipinski definition) is 2. The van der Waals surface area contributed by atoms with E-state index in [1.807, 2.05) is 0 Å². The first-order chi connectivity index (χ1) is 14.5. The Balaban J connectivity index is 1.40. The lowest BCUT2D eigenvalue weighted by Gasteiger charge is -2.30. The monoisotopic (exact) mass is 410 g/mol. The third-order valence-corrected chi connectivity index (χ3v) is 6.08. The van der Waals surface area contributed by atoms with Crippen LogP contribution in [0.1, 0.15) is 48.5 Å². The molecule has 2 amide bonds. The number of hydrogen-bond acceptors (Lipinski definition) is 3. The van der Waals surface area contributed by atoms with Crippen LogP contribution in [0.2, 0.25) is 0 Å². The number of benzene rings is 2. The second kappa shape index (κ2) is 8.86. The van der Waals surface area contributed by atoms with E-state index in [9.17, 15) is 14.0 Å². The molecule has 0 saturated heterocycles. The molecule has 1 fully saturated rings. The van der Waals surface area contributed by atoms with Crippen molar-refractivity contribution in [3.05, 3.63) is 59.4 Å². The predicted molar refractivity (Wildman–Crippen MR) is 113 cm³/mol. The van der Waals surface area contributed by atoms with Crippen LogP contribution in [0.5, 0.6) is 5.75 Å². The summed E-state index contributed by atoms with van der Waals surface area (Å²) in [5, 5.41) is 5.91. The van der Waals surface area contributed by atoms with E-state index in [0.29, 0.717) is 18.7 Å². The summed E-state index contributed by atoms with van der Waals surface area (Å²) in [6.45, 7) is 2.61. The van der Waals surface area contributed by atoms with E-state index in [1.165, 1.54) is 12.1 Å². The fraction of sp³-hybridized carbons (Fsp3) is 0.417. The molecule has 1 heterocycles. The summed E-state index contributed by atoms with van der Waals surface area (Å²) in [4.78, 5) is 25.1. The van der Waals surface area contributed by atoms with Crippen LogP contribution < -0.4 is 15.4 Å². The molecule has 4 rings (SSSR count). The number of carbonyl (C=O) groups is 2. The van der Waals surface area contributed by atoms with Crippen molar-refractivity contribution in [3.63, 3.8) is 0 Å². The van der Waals surface area contributed by atoms with Crippen molar-refractivity contribution >= 4 is 17.5 Å². The van der Waals surface area contributed by atoms with Crippen LogP contribution in [0, 0.1) is 17.7 Å². The molecule has 0 bridgehead atoms. The van der Waals surface area contributed by atoms with E-state index in [0.717, 1.165) is 42.9 Å². The zero-order chi connectivity index (χ0) is 21.1. The summed E-state index contributed by atoms with van der Waals surface area (Å²) in [5.74, 6) is 0.154. The number of ether oxygens (including phenoxy) is 1. The Labute approximate surface area is 176 Å². The minimum absolute atomic E-state index is 0.00877. The number of halogens is 1. The van der Waals surface area contributed by atoms with E-state index >= 15 is 0 Å². The molecule has 1 aliphatic carbocycles. The Morgan fingerprint density at radius 2 is 1.83 bits per heavy atom. The van der Waals surface area contributed by atoms with Gasteiger partial charge < -0.3 is 15.4 Å². The number of carbonyl (C=O) groups excluding carboxylic acids is 2. The van der Waals surface area contributed by atoms with Gasteiger partial charge in [-0.15, -0.1) is 0 Å². The number of nitrogens with one attached hydrogen (secondary N) is 2. The number of anilines is 1. The smallest absolute Gasteiger partial charge is 0.258 e. The van der Waals surface area contributed by atoms with E-state index in [1.54, 1.807) is 30.3 Å². The first-order valence-corrected chi connectivity index (χ1v) is 10.6. The molecule has 2 aliphatic rings. The third kappa shape index (κ3) is 4.64. The second-order valence-corrected chi connectivity index (χ2v) is 8.43. The molecule has 2 aromatic rings. The molecule has 0 unspecified atom stereocenters. The zero-order valence-electron chi connectivity index (χ0n) is 17.1. The number of fused-ring (bicyclic) bond motifs is 1. The van der Waals surface area contributed by atoms with Crippen LogP contribution in [-0.2, 0) is 11.2 Å². The Kier molecular flexibility index (Phi) is 6.02. The van der Waals surface area contributed by atoms with E-state index in [4.69, 9.17) is 4.74 Å². The highest BCUT2D eigenvalue weighted by atomic mass is 19.1. The van der Waals surface area contributed by atoms with Crippen molar-refractivity contribution < 1.29 is 18.7 Å². The lowest BCUT2D eigenvalue weighted by atomic mass is 9.87. The molecule has 1 aliphatic heterocycles.